The van der Waals surface area contributed by atoms with Gasteiger partial charge in [-0.3, -0.25) is 0 Å². The second-order valence-electron chi connectivity index (χ2n) is 5.67. The molecule has 0 aliphatic carbocycles. The van der Waals surface area contributed by atoms with Crippen LogP contribution in [-0.2, 0) is 5.54 Å². The third-order valence-corrected chi connectivity index (χ3v) is 3.12. The minimum atomic E-state index is -11.2. The van der Waals surface area contributed by atoms with E-state index in [1.165, 1.54) is 11.1 Å². The molecule has 1 heterocycles. The molecule has 0 saturated heterocycles. The van der Waals surface area contributed by atoms with Crippen LogP contribution in [0, 0.1) is 6.92 Å². The number of nitrogens with zero attached hydrogens (tertiary/aromatic N) is 1. The maximum absolute atomic E-state index is 11.2. The van der Waals surface area contributed by atoms with E-state index >= 15 is 0 Å². The summed E-state index contributed by atoms with van der Waals surface area (Å²) in [5.41, 5.74) is 2.61. The molecule has 1 nitrogen and oxygen atoms in total. The first-order valence-corrected chi connectivity index (χ1v) is 12.4. The predicted octanol–water partition coefficient (Wildman–Crippen LogP) is 5.21. The van der Waals surface area contributed by atoms with Gasteiger partial charge in [0.25, 0.3) is 0 Å². The van der Waals surface area contributed by atoms with Crippen LogP contribution in [0.25, 0.3) is 0 Å². The molecule has 0 aliphatic heterocycles. The molecule has 0 unspecified atom stereocenters. The number of hydrogen-bond acceptors (Lipinski definition) is 0. The molecule has 0 radical (unpaired) electrons. The van der Waals surface area contributed by atoms with Crippen LogP contribution < -0.4 is 4.57 Å². The van der Waals surface area contributed by atoms with Crippen molar-refractivity contribution in [2.24, 2.45) is 0 Å². The van der Waals surface area contributed by atoms with E-state index in [-0.39, 0.29) is 5.54 Å². The summed E-state index contributed by atoms with van der Waals surface area (Å²) in [5.74, 6) is 0. The Labute approximate surface area is 133 Å². The zero-order chi connectivity index (χ0) is 18.0. The van der Waals surface area contributed by atoms with Crippen LogP contribution in [-0.4, -0.2) is 19.5 Å². The van der Waals surface area contributed by atoms with E-state index in [2.05, 4.69) is 80.2 Å². The Hall–Kier alpha value is -1.23. The van der Waals surface area contributed by atoms with Gasteiger partial charge in [0.05, 0.1) is 0 Å². The molecule has 0 saturated carbocycles. The summed E-state index contributed by atoms with van der Waals surface area (Å²) in [7, 11) is 0. The molecule has 0 aliphatic rings. The van der Waals surface area contributed by atoms with Gasteiger partial charge < -0.3 is 0 Å². The normalized spacial score (nSPS) is 15.0. The third kappa shape index (κ3) is 8.84. The van der Waals surface area contributed by atoms with Gasteiger partial charge >= 0.3 is 36.4 Å². The molecule has 0 fully saturated rings. The molecule has 0 spiro atoms. The van der Waals surface area contributed by atoms with Gasteiger partial charge in [0.15, 0.2) is 17.9 Å². The molecule has 0 N–H and O–H groups in total. The molecule has 23 heavy (non-hydrogen) atoms. The molecule has 2 rings (SSSR count). The molecule has 0 atom stereocenters. The summed E-state index contributed by atoms with van der Waals surface area (Å²) < 4.78 is 61.8. The minimum absolute atomic E-state index is 0.00500. The number of pyridine rings is 1. The molecule has 1 aromatic carbocycles. The van der Waals surface area contributed by atoms with Crippen molar-refractivity contribution in [2.75, 3.05) is 0 Å². The Balaban J connectivity index is 0.000000322. The summed E-state index contributed by atoms with van der Waals surface area (Å²) in [6.07, 6.45) is 4.28. The molecule has 0 bridgehead atoms. The monoisotopic (exact) mass is 447 g/mol. The summed E-state index contributed by atoms with van der Waals surface area (Å²) in [4.78, 5) is 0. The molecular formula is C15H18F6NSb. The van der Waals surface area contributed by atoms with Gasteiger partial charge in [-0.1, -0.05) is 30.3 Å². The summed E-state index contributed by atoms with van der Waals surface area (Å²) in [6, 6.07) is 14.9. The topological polar surface area (TPSA) is 3.88 Å². The Morgan fingerprint density at radius 1 is 0.783 bits per heavy atom. The zero-order valence-corrected chi connectivity index (χ0v) is 15.4. The number of rotatable bonds is 2. The fourth-order valence-electron chi connectivity index (χ4n) is 1.87. The zero-order valence-electron chi connectivity index (χ0n) is 12.9. The van der Waals surface area contributed by atoms with Crippen molar-refractivity contribution in [1.82, 2.24) is 0 Å². The number of halogens is 6. The van der Waals surface area contributed by atoms with Crippen molar-refractivity contribution in [3.63, 3.8) is 0 Å². The molecule has 2 aromatic rings. The Morgan fingerprint density at radius 2 is 1.17 bits per heavy atom. The summed E-state index contributed by atoms with van der Waals surface area (Å²) >= 11 is -11.2. The van der Waals surface area contributed by atoms with Gasteiger partial charge in [-0.15, -0.1) is 0 Å². The van der Waals surface area contributed by atoms with Crippen molar-refractivity contribution in [3.8, 4) is 0 Å². The second kappa shape index (κ2) is 5.69. The Morgan fingerprint density at radius 3 is 1.57 bits per heavy atom. The average Bonchev–Trinajstić information content (AvgIpc) is 2.36. The van der Waals surface area contributed by atoms with E-state index in [4.69, 9.17) is 0 Å². The van der Waals surface area contributed by atoms with Gasteiger partial charge in [-0.25, -0.2) is 0 Å². The average molecular weight is 448 g/mol. The first-order valence-electron chi connectivity index (χ1n) is 6.66. The van der Waals surface area contributed by atoms with Crippen LogP contribution in [0.2, 0.25) is 0 Å². The van der Waals surface area contributed by atoms with Crippen molar-refractivity contribution in [3.05, 3.63) is 66.0 Å². The van der Waals surface area contributed by atoms with Crippen LogP contribution in [0.1, 0.15) is 25.0 Å². The second-order valence-corrected chi connectivity index (χ2v) is 11.1. The molecule has 8 heteroatoms. The van der Waals surface area contributed by atoms with E-state index in [0.29, 0.717) is 0 Å². The van der Waals surface area contributed by atoms with Crippen molar-refractivity contribution < 1.29 is 21.4 Å². The SMILES string of the molecule is Cc1cc[n+](C(C)(C)c2ccccc2)cc1.[F][Sb-]([F])([F])([F])([F])[F]. The first-order chi connectivity index (χ1) is 10.1. The fourth-order valence-corrected chi connectivity index (χ4v) is 1.87. The van der Waals surface area contributed by atoms with Crippen molar-refractivity contribution in [2.45, 2.75) is 26.3 Å². The number of aryl methyl sites for hydroxylation is 1. The van der Waals surface area contributed by atoms with E-state index < -0.39 is 19.5 Å². The van der Waals surface area contributed by atoms with E-state index in [0.717, 1.165) is 0 Å². The van der Waals surface area contributed by atoms with Gasteiger partial charge in [0.1, 0.15) is 0 Å². The molecule has 130 valence electrons. The summed E-state index contributed by atoms with van der Waals surface area (Å²) in [6.45, 7) is 6.58. The van der Waals surface area contributed by atoms with Crippen LogP contribution in [0.4, 0.5) is 16.9 Å². The number of aromatic nitrogens is 1. The van der Waals surface area contributed by atoms with Crippen LogP contribution in [0.3, 0.4) is 0 Å². The summed E-state index contributed by atoms with van der Waals surface area (Å²) in [5, 5.41) is 0. The Kier molecular flexibility index (Phi) is 4.90. The molecule has 0 amide bonds. The molecule has 1 aromatic heterocycles. The van der Waals surface area contributed by atoms with Crippen LogP contribution in [0.5, 0.6) is 0 Å². The van der Waals surface area contributed by atoms with E-state index in [9.17, 15) is 16.9 Å². The van der Waals surface area contributed by atoms with Gasteiger partial charge in [0.2, 0.25) is 0 Å². The van der Waals surface area contributed by atoms with Crippen LogP contribution >= 0.6 is 0 Å². The number of benzene rings is 1. The van der Waals surface area contributed by atoms with Gasteiger partial charge in [-0.2, -0.15) is 4.57 Å². The fraction of sp³-hybridized carbons (Fsp3) is 0.267. The van der Waals surface area contributed by atoms with Crippen molar-refractivity contribution in [1.29, 1.82) is 0 Å². The molecular weight excluding hydrogens is 430 g/mol. The van der Waals surface area contributed by atoms with Gasteiger partial charge in [-0.05, 0) is 12.5 Å². The first kappa shape index (κ1) is 19.8. The third-order valence-electron chi connectivity index (χ3n) is 3.12. The maximum atomic E-state index is 9.93. The van der Waals surface area contributed by atoms with Crippen LogP contribution in [0.15, 0.2) is 54.9 Å². The number of hydrogen-bond donors (Lipinski definition) is 0. The quantitative estimate of drug-likeness (QED) is 0.338. The van der Waals surface area contributed by atoms with Gasteiger partial charge in [0, 0.05) is 31.5 Å². The predicted molar refractivity (Wildman–Crippen MR) is 78.6 cm³/mol. The standard InChI is InChI=1S/C15H18N.6FH.Sb/c1-13-9-11-16(12-10-13)15(2,3)14-7-5-4-6-8-14;;;;;;;/h4-12H,1-3H3;6*1H;/q+1;;;;;;;+5/p-6. The Bertz CT molecular complexity index is 636. The van der Waals surface area contributed by atoms with E-state index in [1.54, 1.807) is 0 Å². The van der Waals surface area contributed by atoms with Crippen molar-refractivity contribution >= 4 is 19.5 Å². The van der Waals surface area contributed by atoms with E-state index in [1.807, 2.05) is 0 Å².